The van der Waals surface area contributed by atoms with Crippen molar-refractivity contribution in [2.24, 2.45) is 33.7 Å². The molecule has 4 rings (SSSR count). The number of amides is 1. The van der Waals surface area contributed by atoms with Gasteiger partial charge in [-0.25, -0.2) is 4.79 Å². The van der Waals surface area contributed by atoms with Crippen molar-refractivity contribution in [3.05, 3.63) is 11.6 Å². The fourth-order valence-electron chi connectivity index (χ4n) is 7.48. The number of aliphatic hydroxyl groups excluding tert-OH is 1. The van der Waals surface area contributed by atoms with Crippen LogP contribution in [0.25, 0.3) is 0 Å². The molecule has 0 radical (unpaired) electrons. The first kappa shape index (κ1) is 24.2. The molecule has 0 aromatic rings. The fourth-order valence-corrected chi connectivity index (χ4v) is 7.48. The number of rotatable bonds is 6. The highest BCUT2D eigenvalue weighted by Crippen LogP contribution is 2.67. The second-order valence-corrected chi connectivity index (χ2v) is 11.3. The van der Waals surface area contributed by atoms with Crippen LogP contribution in [0.4, 0.5) is 0 Å². The molecule has 3 fully saturated rings. The first-order chi connectivity index (χ1) is 15.5. The summed E-state index contributed by atoms with van der Waals surface area (Å²) in [6.45, 7) is 5.68. The number of fused-ring (bicyclic) bond motifs is 5. The smallest absolute Gasteiger partial charge is 0.328 e. The third kappa shape index (κ3) is 4.09. The molecule has 8 heteroatoms. The van der Waals surface area contributed by atoms with Crippen LogP contribution < -0.4 is 5.32 Å². The van der Waals surface area contributed by atoms with Gasteiger partial charge in [-0.1, -0.05) is 24.6 Å². The zero-order valence-corrected chi connectivity index (χ0v) is 20.0. The number of carboxylic acid groups (broad SMARTS) is 1. The molecular formula is C25H38N2O6. The van der Waals surface area contributed by atoms with Crippen LogP contribution in [0.3, 0.4) is 0 Å². The molecule has 184 valence electrons. The number of allylic oxidation sites excluding steroid dienone is 2. The summed E-state index contributed by atoms with van der Waals surface area (Å²) in [4.78, 5) is 27.9. The van der Waals surface area contributed by atoms with Crippen LogP contribution in [0.2, 0.25) is 0 Å². The van der Waals surface area contributed by atoms with E-state index in [1.165, 1.54) is 5.57 Å². The standard InChI is InChI=1S/C25H38N2O6/c1-23-9-6-16(27-33-14-21(29)26-20(13-28)22(30)31)12-15(23)4-5-17-18(23)7-10-24(2)19(17)8-11-25(24,3)32/h12,17-20,28,32H,4-11,13-14H2,1-3H3,(H,26,29)(H,30,31)/t17-,18?,19?,20?,23+,24+,25+/m1/s1. The Labute approximate surface area is 195 Å². The van der Waals surface area contributed by atoms with Gasteiger partial charge in [-0.3, -0.25) is 4.79 Å². The molecule has 4 aliphatic rings. The van der Waals surface area contributed by atoms with E-state index in [2.05, 4.69) is 30.4 Å². The Morgan fingerprint density at radius 3 is 2.58 bits per heavy atom. The summed E-state index contributed by atoms with van der Waals surface area (Å²) in [5.41, 5.74) is 1.84. The van der Waals surface area contributed by atoms with E-state index in [1.54, 1.807) is 0 Å². The number of carbonyl (C=O) groups is 2. The van der Waals surface area contributed by atoms with Crippen LogP contribution in [0.15, 0.2) is 16.8 Å². The lowest BCUT2D eigenvalue weighted by Crippen LogP contribution is -2.53. The summed E-state index contributed by atoms with van der Waals surface area (Å²) in [6, 6.07) is -1.35. The summed E-state index contributed by atoms with van der Waals surface area (Å²) >= 11 is 0. The molecule has 0 spiro atoms. The van der Waals surface area contributed by atoms with E-state index in [0.717, 1.165) is 57.1 Å². The minimum absolute atomic E-state index is 0.0249. The molecule has 8 nitrogen and oxygen atoms in total. The summed E-state index contributed by atoms with van der Waals surface area (Å²) < 4.78 is 0. The van der Waals surface area contributed by atoms with Crippen LogP contribution >= 0.6 is 0 Å². The normalized spacial score (nSPS) is 41.9. The van der Waals surface area contributed by atoms with Crippen LogP contribution in [0.1, 0.15) is 72.1 Å². The average molecular weight is 463 g/mol. The molecule has 4 aliphatic carbocycles. The summed E-state index contributed by atoms with van der Waals surface area (Å²) in [6.07, 6.45) is 10.4. The molecule has 0 aliphatic heterocycles. The van der Waals surface area contributed by atoms with E-state index in [1.807, 2.05) is 6.92 Å². The topological polar surface area (TPSA) is 128 Å². The average Bonchev–Trinajstić information content (AvgIpc) is 3.01. The minimum Gasteiger partial charge on any atom is -0.480 e. The van der Waals surface area contributed by atoms with E-state index in [4.69, 9.17) is 15.1 Å². The van der Waals surface area contributed by atoms with E-state index in [9.17, 15) is 14.7 Å². The third-order valence-electron chi connectivity index (χ3n) is 9.73. The van der Waals surface area contributed by atoms with Crippen molar-refractivity contribution in [2.45, 2.75) is 83.8 Å². The lowest BCUT2D eigenvalue weighted by Gasteiger charge is -2.59. The molecule has 3 saturated carbocycles. The Balaban J connectivity index is 1.41. The highest BCUT2D eigenvalue weighted by Gasteiger charge is 2.62. The third-order valence-corrected chi connectivity index (χ3v) is 9.73. The van der Waals surface area contributed by atoms with Gasteiger partial charge in [0.2, 0.25) is 0 Å². The molecular weight excluding hydrogens is 424 g/mol. The Morgan fingerprint density at radius 1 is 1.15 bits per heavy atom. The summed E-state index contributed by atoms with van der Waals surface area (Å²) in [7, 11) is 0. The van der Waals surface area contributed by atoms with Crippen molar-refractivity contribution in [2.75, 3.05) is 13.2 Å². The number of oxime groups is 1. The Bertz CT molecular complexity index is 867. The molecule has 0 bridgehead atoms. The van der Waals surface area contributed by atoms with Crippen LogP contribution in [0, 0.1) is 28.6 Å². The summed E-state index contributed by atoms with van der Waals surface area (Å²) in [5, 5.41) is 35.3. The van der Waals surface area contributed by atoms with Crippen LogP contribution in [0.5, 0.6) is 0 Å². The monoisotopic (exact) mass is 462 g/mol. The molecule has 3 unspecified atom stereocenters. The quantitative estimate of drug-likeness (QED) is 0.449. The predicted octanol–water partition coefficient (Wildman–Crippen LogP) is 2.63. The van der Waals surface area contributed by atoms with Gasteiger partial charge in [0.15, 0.2) is 6.61 Å². The van der Waals surface area contributed by atoms with E-state index < -0.39 is 36.7 Å². The zero-order valence-electron chi connectivity index (χ0n) is 20.0. The first-order valence-corrected chi connectivity index (χ1v) is 12.3. The fraction of sp³-hybridized carbons (Fsp3) is 0.800. The van der Waals surface area contributed by atoms with Crippen molar-refractivity contribution in [3.63, 3.8) is 0 Å². The van der Waals surface area contributed by atoms with E-state index in [-0.39, 0.29) is 10.8 Å². The van der Waals surface area contributed by atoms with Gasteiger partial charge in [0, 0.05) is 0 Å². The van der Waals surface area contributed by atoms with E-state index in [0.29, 0.717) is 17.8 Å². The number of nitrogens with one attached hydrogen (secondary N) is 1. The number of aliphatic carboxylic acids is 1. The lowest BCUT2D eigenvalue weighted by molar-refractivity contribution is -0.143. The molecule has 0 heterocycles. The molecule has 0 saturated heterocycles. The highest BCUT2D eigenvalue weighted by molar-refractivity contribution is 5.96. The number of carbonyl (C=O) groups excluding carboxylic acids is 1. The van der Waals surface area contributed by atoms with Crippen molar-refractivity contribution < 1.29 is 29.7 Å². The number of carboxylic acids is 1. The zero-order chi connectivity index (χ0) is 24.0. The van der Waals surface area contributed by atoms with Crippen molar-refractivity contribution in [1.82, 2.24) is 5.32 Å². The molecule has 7 atom stereocenters. The maximum absolute atomic E-state index is 11.8. The number of hydrogen-bond acceptors (Lipinski definition) is 6. The Morgan fingerprint density at radius 2 is 1.88 bits per heavy atom. The minimum atomic E-state index is -1.35. The highest BCUT2D eigenvalue weighted by atomic mass is 16.6. The molecule has 1 amide bonds. The maximum atomic E-state index is 11.8. The van der Waals surface area contributed by atoms with Crippen molar-refractivity contribution >= 4 is 17.6 Å². The lowest BCUT2D eigenvalue weighted by atomic mass is 9.46. The molecule has 0 aromatic heterocycles. The predicted molar refractivity (Wildman–Crippen MR) is 122 cm³/mol. The Hall–Kier alpha value is -1.93. The maximum Gasteiger partial charge on any atom is 0.328 e. The van der Waals surface area contributed by atoms with Gasteiger partial charge < -0.3 is 25.5 Å². The van der Waals surface area contributed by atoms with Crippen LogP contribution in [-0.4, -0.2) is 57.8 Å². The molecule has 0 aromatic carbocycles. The van der Waals surface area contributed by atoms with Gasteiger partial charge in [0.05, 0.1) is 17.9 Å². The van der Waals surface area contributed by atoms with Gasteiger partial charge in [-0.15, -0.1) is 0 Å². The second-order valence-electron chi connectivity index (χ2n) is 11.3. The van der Waals surface area contributed by atoms with Crippen molar-refractivity contribution in [3.8, 4) is 0 Å². The largest absolute Gasteiger partial charge is 0.480 e. The van der Waals surface area contributed by atoms with Gasteiger partial charge in [-0.2, -0.15) is 0 Å². The molecule has 4 N–H and O–H groups in total. The second kappa shape index (κ2) is 8.69. The van der Waals surface area contributed by atoms with Gasteiger partial charge in [0.25, 0.3) is 5.91 Å². The first-order valence-electron chi connectivity index (χ1n) is 12.3. The molecule has 33 heavy (non-hydrogen) atoms. The van der Waals surface area contributed by atoms with E-state index >= 15 is 0 Å². The van der Waals surface area contributed by atoms with Gasteiger partial charge >= 0.3 is 5.97 Å². The summed E-state index contributed by atoms with van der Waals surface area (Å²) in [5.74, 6) is -0.0492. The number of nitrogens with zero attached hydrogens (tertiary/aromatic N) is 1. The van der Waals surface area contributed by atoms with Gasteiger partial charge in [-0.05, 0) is 93.0 Å². The van der Waals surface area contributed by atoms with Crippen LogP contribution in [-0.2, 0) is 14.4 Å². The van der Waals surface area contributed by atoms with Gasteiger partial charge in [0.1, 0.15) is 6.04 Å². The number of aliphatic hydroxyl groups is 2. The SMILES string of the molecule is C[C@]12CCC(=NOCC(=O)NC(CO)C(=O)O)C=C1CC[C@@H]1C2CC[C@@]2(C)C1CC[C@]2(C)O. The number of hydrogen-bond donors (Lipinski definition) is 4. The Kier molecular flexibility index (Phi) is 6.37. The van der Waals surface area contributed by atoms with Crippen molar-refractivity contribution in [1.29, 1.82) is 0 Å².